The Morgan fingerprint density at radius 2 is 2.00 bits per heavy atom. The molecule has 0 saturated carbocycles. The molecular formula is C15H15BrFNO. The van der Waals surface area contributed by atoms with Crippen molar-refractivity contribution in [2.75, 3.05) is 12.4 Å². The summed E-state index contributed by atoms with van der Waals surface area (Å²) in [4.78, 5) is 0. The van der Waals surface area contributed by atoms with Crippen LogP contribution in [0.4, 0.5) is 10.1 Å². The van der Waals surface area contributed by atoms with Gasteiger partial charge in [-0.1, -0.05) is 12.1 Å². The monoisotopic (exact) mass is 323 g/mol. The van der Waals surface area contributed by atoms with Gasteiger partial charge in [0.25, 0.3) is 0 Å². The average Bonchev–Trinajstić information content (AvgIpc) is 2.41. The molecule has 19 heavy (non-hydrogen) atoms. The number of nitrogens with one attached hydrogen (secondary N) is 1. The molecule has 0 bridgehead atoms. The second-order valence-electron chi connectivity index (χ2n) is 4.28. The third-order valence-corrected chi connectivity index (χ3v) is 3.58. The Kier molecular flexibility index (Phi) is 4.43. The normalized spacial score (nSPS) is 10.3. The lowest BCUT2D eigenvalue weighted by Gasteiger charge is -2.11. The van der Waals surface area contributed by atoms with Gasteiger partial charge in [0, 0.05) is 17.1 Å². The van der Waals surface area contributed by atoms with E-state index < -0.39 is 0 Å². The first-order chi connectivity index (χ1) is 9.10. The molecule has 0 atom stereocenters. The fourth-order valence-electron chi connectivity index (χ4n) is 1.71. The number of ether oxygens (including phenoxy) is 1. The number of rotatable bonds is 4. The lowest BCUT2D eigenvalue weighted by atomic mass is 10.1. The molecule has 2 nitrogen and oxygen atoms in total. The Hall–Kier alpha value is -1.55. The largest absolute Gasteiger partial charge is 0.497 e. The van der Waals surface area contributed by atoms with Gasteiger partial charge >= 0.3 is 0 Å². The summed E-state index contributed by atoms with van der Waals surface area (Å²) in [6.45, 7) is 2.31. The van der Waals surface area contributed by atoms with E-state index in [0.717, 1.165) is 21.5 Å². The molecule has 0 unspecified atom stereocenters. The van der Waals surface area contributed by atoms with Gasteiger partial charge in [0.15, 0.2) is 0 Å². The molecule has 4 heteroatoms. The molecule has 2 aromatic carbocycles. The van der Waals surface area contributed by atoms with E-state index in [1.165, 1.54) is 0 Å². The van der Waals surface area contributed by atoms with Crippen molar-refractivity contribution < 1.29 is 9.13 Å². The number of methoxy groups -OCH3 is 1. The predicted octanol–water partition coefficient (Wildman–Crippen LogP) is 4.52. The van der Waals surface area contributed by atoms with Crippen LogP contribution < -0.4 is 10.1 Å². The summed E-state index contributed by atoms with van der Waals surface area (Å²) in [6, 6.07) is 10.9. The lowest BCUT2D eigenvalue weighted by molar-refractivity contribution is 0.415. The number of halogens is 2. The Morgan fingerprint density at radius 3 is 2.68 bits per heavy atom. The summed E-state index contributed by atoms with van der Waals surface area (Å²) in [6.07, 6.45) is 0. The first-order valence-corrected chi connectivity index (χ1v) is 6.72. The number of hydrogen-bond donors (Lipinski definition) is 1. The van der Waals surface area contributed by atoms with E-state index in [-0.39, 0.29) is 5.82 Å². The van der Waals surface area contributed by atoms with Gasteiger partial charge in [0.1, 0.15) is 11.6 Å². The molecule has 0 saturated heterocycles. The van der Waals surface area contributed by atoms with Crippen molar-refractivity contribution in [1.29, 1.82) is 0 Å². The fraction of sp³-hybridized carbons (Fsp3) is 0.200. The molecule has 1 N–H and O–H groups in total. The van der Waals surface area contributed by atoms with Gasteiger partial charge in [0.05, 0.1) is 12.8 Å². The third-order valence-electron chi connectivity index (χ3n) is 2.89. The summed E-state index contributed by atoms with van der Waals surface area (Å²) in [7, 11) is 1.63. The zero-order valence-electron chi connectivity index (χ0n) is 10.8. The molecule has 2 aromatic rings. The van der Waals surface area contributed by atoms with Crippen molar-refractivity contribution in [3.8, 4) is 5.75 Å². The van der Waals surface area contributed by atoms with Gasteiger partial charge in [-0.05, 0) is 52.2 Å². The van der Waals surface area contributed by atoms with Crippen molar-refractivity contribution in [3.05, 3.63) is 57.8 Å². The highest BCUT2D eigenvalue weighted by molar-refractivity contribution is 9.10. The van der Waals surface area contributed by atoms with Crippen LogP contribution in [0.2, 0.25) is 0 Å². The van der Waals surface area contributed by atoms with Crippen molar-refractivity contribution in [1.82, 2.24) is 0 Å². The van der Waals surface area contributed by atoms with Crippen LogP contribution in [0.15, 0.2) is 40.9 Å². The zero-order chi connectivity index (χ0) is 13.8. The van der Waals surface area contributed by atoms with Crippen LogP contribution in [-0.2, 0) is 6.54 Å². The molecule has 0 amide bonds. The molecule has 0 aliphatic rings. The van der Waals surface area contributed by atoms with Crippen LogP contribution in [-0.4, -0.2) is 7.11 Å². The smallest absolute Gasteiger partial charge is 0.126 e. The Morgan fingerprint density at radius 1 is 1.21 bits per heavy atom. The highest BCUT2D eigenvalue weighted by atomic mass is 79.9. The first-order valence-electron chi connectivity index (χ1n) is 5.92. The van der Waals surface area contributed by atoms with Gasteiger partial charge in [0.2, 0.25) is 0 Å². The molecule has 0 aromatic heterocycles. The van der Waals surface area contributed by atoms with Gasteiger partial charge in [-0.3, -0.25) is 0 Å². The van der Waals surface area contributed by atoms with E-state index in [1.54, 1.807) is 26.2 Å². The minimum Gasteiger partial charge on any atom is -0.497 e. The summed E-state index contributed by atoms with van der Waals surface area (Å²) < 4.78 is 19.6. The maximum atomic E-state index is 13.4. The molecule has 2 rings (SSSR count). The Labute approximate surface area is 120 Å². The molecule has 0 aliphatic carbocycles. The molecule has 100 valence electrons. The van der Waals surface area contributed by atoms with Crippen LogP contribution in [0.3, 0.4) is 0 Å². The topological polar surface area (TPSA) is 21.3 Å². The number of aryl methyl sites for hydroxylation is 1. The molecule has 0 radical (unpaired) electrons. The maximum Gasteiger partial charge on any atom is 0.126 e. The zero-order valence-corrected chi connectivity index (χ0v) is 12.4. The second-order valence-corrected chi connectivity index (χ2v) is 5.14. The van der Waals surface area contributed by atoms with E-state index in [0.29, 0.717) is 12.1 Å². The predicted molar refractivity (Wildman–Crippen MR) is 79.2 cm³/mol. The van der Waals surface area contributed by atoms with E-state index in [2.05, 4.69) is 21.2 Å². The molecule has 0 heterocycles. The van der Waals surface area contributed by atoms with E-state index in [4.69, 9.17) is 4.74 Å². The number of anilines is 1. The summed E-state index contributed by atoms with van der Waals surface area (Å²) in [5, 5.41) is 3.26. The van der Waals surface area contributed by atoms with Crippen molar-refractivity contribution in [2.24, 2.45) is 0 Å². The van der Waals surface area contributed by atoms with E-state index in [9.17, 15) is 4.39 Å². The average molecular weight is 324 g/mol. The second kappa shape index (κ2) is 6.06. The van der Waals surface area contributed by atoms with Crippen molar-refractivity contribution >= 4 is 21.6 Å². The summed E-state index contributed by atoms with van der Waals surface area (Å²) in [5.74, 6) is 0.602. The van der Waals surface area contributed by atoms with Crippen molar-refractivity contribution in [3.63, 3.8) is 0 Å². The van der Waals surface area contributed by atoms with Gasteiger partial charge < -0.3 is 10.1 Å². The van der Waals surface area contributed by atoms with Crippen LogP contribution in [0.25, 0.3) is 0 Å². The maximum absolute atomic E-state index is 13.4. The molecule has 0 aliphatic heterocycles. The molecular weight excluding hydrogens is 309 g/mol. The summed E-state index contributed by atoms with van der Waals surface area (Å²) in [5.41, 5.74) is 2.48. The fourth-order valence-corrected chi connectivity index (χ4v) is 2.10. The quantitative estimate of drug-likeness (QED) is 0.893. The van der Waals surface area contributed by atoms with Crippen molar-refractivity contribution in [2.45, 2.75) is 13.5 Å². The van der Waals surface area contributed by atoms with Crippen LogP contribution in [0, 0.1) is 12.7 Å². The van der Waals surface area contributed by atoms with E-state index >= 15 is 0 Å². The Balaban J connectivity index is 2.11. The standard InChI is InChI=1S/C15H15BrFNO/c1-10-3-4-11(7-14(10)17)9-18-15-8-12(19-2)5-6-13(15)16/h3-8,18H,9H2,1-2H3. The highest BCUT2D eigenvalue weighted by Crippen LogP contribution is 2.27. The first kappa shape index (κ1) is 13.9. The van der Waals surface area contributed by atoms with Gasteiger partial charge in [-0.2, -0.15) is 0 Å². The minimum atomic E-state index is -0.177. The van der Waals surface area contributed by atoms with Gasteiger partial charge in [-0.25, -0.2) is 4.39 Å². The third kappa shape index (κ3) is 3.47. The van der Waals surface area contributed by atoms with Crippen LogP contribution in [0.5, 0.6) is 5.75 Å². The number of hydrogen-bond acceptors (Lipinski definition) is 2. The van der Waals surface area contributed by atoms with Crippen LogP contribution >= 0.6 is 15.9 Å². The molecule has 0 spiro atoms. The number of benzene rings is 2. The minimum absolute atomic E-state index is 0.177. The molecule has 0 fully saturated rings. The SMILES string of the molecule is COc1ccc(Br)c(NCc2ccc(C)c(F)c2)c1. The lowest BCUT2D eigenvalue weighted by Crippen LogP contribution is -2.01. The highest BCUT2D eigenvalue weighted by Gasteiger charge is 2.03. The Bertz CT molecular complexity index is 586. The summed E-state index contributed by atoms with van der Waals surface area (Å²) >= 11 is 3.47. The van der Waals surface area contributed by atoms with E-state index in [1.807, 2.05) is 24.3 Å². The van der Waals surface area contributed by atoms with Gasteiger partial charge in [-0.15, -0.1) is 0 Å². The van der Waals surface area contributed by atoms with Crippen LogP contribution in [0.1, 0.15) is 11.1 Å².